The fraction of sp³-hybridized carbons (Fsp3) is 0.565. The zero-order valence-electron chi connectivity index (χ0n) is 18.5. The van der Waals surface area contributed by atoms with Crippen molar-refractivity contribution in [3.63, 3.8) is 0 Å². The number of nitrogens with one attached hydrogen (secondary N) is 4. The van der Waals surface area contributed by atoms with Crippen molar-refractivity contribution in [1.29, 1.82) is 0 Å². The summed E-state index contributed by atoms with van der Waals surface area (Å²) >= 11 is 0. The number of nitrogens with two attached hydrogens (primary N) is 1. The number of benzene rings is 1. The number of unbranched alkanes of at least 4 members (excludes halogenated alkanes) is 2. The lowest BCUT2D eigenvalue weighted by Gasteiger charge is -2.19. The van der Waals surface area contributed by atoms with E-state index in [-0.39, 0.29) is 24.9 Å². The Balaban J connectivity index is 2.06. The molecule has 2 rings (SSSR count). The van der Waals surface area contributed by atoms with Gasteiger partial charge in [-0.2, -0.15) is 0 Å². The van der Waals surface area contributed by atoms with Crippen molar-refractivity contribution in [2.24, 2.45) is 5.73 Å². The standard InChI is InChI=1S/C23H37N5O3/c1-2-3-4-10-19-16-25-13-14-31-21-11-6-5-8-18(21)9-7-12-26-23(30)20(15-24)28-22(29)17-27-19/h5-6,8,10-11,20,25,27H,2-4,7,9,12-17,24H2,1H3,(H,26,30)(H,28,29)/b19-10-. The van der Waals surface area contributed by atoms with Gasteiger partial charge in [-0.15, -0.1) is 0 Å². The van der Waals surface area contributed by atoms with E-state index in [1.54, 1.807) is 0 Å². The molecule has 8 heteroatoms. The Morgan fingerprint density at radius 1 is 1.16 bits per heavy atom. The van der Waals surface area contributed by atoms with Gasteiger partial charge in [-0.1, -0.05) is 44.0 Å². The van der Waals surface area contributed by atoms with E-state index in [1.807, 2.05) is 24.3 Å². The molecule has 1 aromatic rings. The van der Waals surface area contributed by atoms with Gasteiger partial charge in [-0.05, 0) is 30.9 Å². The molecule has 0 aliphatic carbocycles. The smallest absolute Gasteiger partial charge is 0.243 e. The van der Waals surface area contributed by atoms with E-state index in [0.717, 1.165) is 49.1 Å². The van der Waals surface area contributed by atoms with E-state index in [0.29, 0.717) is 26.2 Å². The van der Waals surface area contributed by atoms with Gasteiger partial charge in [0, 0.05) is 31.9 Å². The van der Waals surface area contributed by atoms with Crippen molar-refractivity contribution in [3.8, 4) is 5.75 Å². The van der Waals surface area contributed by atoms with Crippen LogP contribution in [-0.4, -0.2) is 57.2 Å². The van der Waals surface area contributed by atoms with Crippen LogP contribution < -0.4 is 31.7 Å². The minimum absolute atomic E-state index is 0.0506. The zero-order chi connectivity index (χ0) is 22.3. The zero-order valence-corrected chi connectivity index (χ0v) is 18.5. The fourth-order valence-electron chi connectivity index (χ4n) is 3.28. The van der Waals surface area contributed by atoms with Crippen molar-refractivity contribution >= 4 is 11.8 Å². The maximum absolute atomic E-state index is 12.4. The molecule has 0 fully saturated rings. The summed E-state index contributed by atoms with van der Waals surface area (Å²) in [6.07, 6.45) is 6.82. The molecule has 0 aromatic heterocycles. The van der Waals surface area contributed by atoms with Crippen LogP contribution in [0.5, 0.6) is 5.75 Å². The summed E-state index contributed by atoms with van der Waals surface area (Å²) in [5, 5.41) is 12.1. The number of rotatable bonds is 4. The third-order valence-corrected chi connectivity index (χ3v) is 5.06. The Morgan fingerprint density at radius 3 is 2.81 bits per heavy atom. The Hall–Kier alpha value is -2.58. The Bertz CT molecular complexity index is 723. The molecule has 6 N–H and O–H groups in total. The quantitative estimate of drug-likeness (QED) is 0.451. The highest BCUT2D eigenvalue weighted by Crippen LogP contribution is 2.19. The lowest BCUT2D eigenvalue weighted by Crippen LogP contribution is -2.52. The van der Waals surface area contributed by atoms with Crippen LogP contribution in [0.25, 0.3) is 0 Å². The summed E-state index contributed by atoms with van der Waals surface area (Å²) < 4.78 is 5.97. The van der Waals surface area contributed by atoms with Gasteiger partial charge in [0.2, 0.25) is 11.8 Å². The number of aryl methyl sites for hydroxylation is 1. The number of fused-ring (bicyclic) bond motifs is 1. The first-order valence-electron chi connectivity index (χ1n) is 11.3. The van der Waals surface area contributed by atoms with Gasteiger partial charge in [0.25, 0.3) is 0 Å². The average molecular weight is 432 g/mol. The highest BCUT2D eigenvalue weighted by molar-refractivity contribution is 5.88. The van der Waals surface area contributed by atoms with Crippen molar-refractivity contribution in [2.45, 2.75) is 45.1 Å². The van der Waals surface area contributed by atoms with Crippen LogP contribution in [0.3, 0.4) is 0 Å². The monoisotopic (exact) mass is 431 g/mol. The number of ether oxygens (including phenoxy) is 1. The molecule has 31 heavy (non-hydrogen) atoms. The molecule has 1 aromatic carbocycles. The topological polar surface area (TPSA) is 118 Å². The van der Waals surface area contributed by atoms with Crippen LogP contribution in [0.4, 0.5) is 0 Å². The molecule has 172 valence electrons. The van der Waals surface area contributed by atoms with Crippen LogP contribution in [0.15, 0.2) is 36.0 Å². The molecule has 0 radical (unpaired) electrons. The molecule has 1 aliphatic rings. The summed E-state index contributed by atoms with van der Waals surface area (Å²) in [7, 11) is 0. The summed E-state index contributed by atoms with van der Waals surface area (Å²) in [5.41, 5.74) is 7.79. The average Bonchev–Trinajstić information content (AvgIpc) is 2.78. The number of hydrogen-bond donors (Lipinski definition) is 5. The number of allylic oxidation sites excluding steroid dienone is 1. The highest BCUT2D eigenvalue weighted by Gasteiger charge is 2.19. The van der Waals surface area contributed by atoms with Crippen molar-refractivity contribution in [2.75, 3.05) is 39.3 Å². The predicted octanol–water partition coefficient (Wildman–Crippen LogP) is 0.825. The molecule has 0 bridgehead atoms. The molecule has 0 saturated carbocycles. The van der Waals surface area contributed by atoms with Crippen molar-refractivity contribution < 1.29 is 14.3 Å². The molecule has 1 unspecified atom stereocenters. The summed E-state index contributed by atoms with van der Waals surface area (Å²) in [4.78, 5) is 24.7. The normalized spacial score (nSPS) is 21.0. The lowest BCUT2D eigenvalue weighted by atomic mass is 10.1. The first-order valence-corrected chi connectivity index (χ1v) is 11.3. The van der Waals surface area contributed by atoms with Gasteiger partial charge in [0.15, 0.2) is 0 Å². The predicted molar refractivity (Wildman–Crippen MR) is 123 cm³/mol. The largest absolute Gasteiger partial charge is 0.492 e. The van der Waals surface area contributed by atoms with Gasteiger partial charge in [-0.3, -0.25) is 9.59 Å². The third kappa shape index (κ3) is 9.40. The Morgan fingerprint density at radius 2 is 2.00 bits per heavy atom. The van der Waals surface area contributed by atoms with Gasteiger partial charge >= 0.3 is 0 Å². The molecule has 8 nitrogen and oxygen atoms in total. The molecule has 2 amide bonds. The molecular formula is C23H37N5O3. The first-order chi connectivity index (χ1) is 15.1. The second-order valence-corrected chi connectivity index (χ2v) is 7.61. The van der Waals surface area contributed by atoms with Gasteiger partial charge in [0.1, 0.15) is 18.4 Å². The van der Waals surface area contributed by atoms with E-state index in [9.17, 15) is 9.59 Å². The summed E-state index contributed by atoms with van der Waals surface area (Å²) in [5.74, 6) is 0.355. The lowest BCUT2D eigenvalue weighted by molar-refractivity contribution is -0.128. The Labute approximate surface area is 185 Å². The van der Waals surface area contributed by atoms with E-state index in [4.69, 9.17) is 10.5 Å². The van der Waals surface area contributed by atoms with Crippen LogP contribution in [0, 0.1) is 0 Å². The van der Waals surface area contributed by atoms with Crippen LogP contribution >= 0.6 is 0 Å². The van der Waals surface area contributed by atoms with E-state index >= 15 is 0 Å². The van der Waals surface area contributed by atoms with Gasteiger partial charge in [0.05, 0.1) is 6.54 Å². The van der Waals surface area contributed by atoms with Gasteiger partial charge < -0.3 is 31.7 Å². The Kier molecular flexibility index (Phi) is 11.5. The minimum Gasteiger partial charge on any atom is -0.492 e. The number of carbonyl (C=O) groups is 2. The number of hydrogen-bond acceptors (Lipinski definition) is 6. The maximum Gasteiger partial charge on any atom is 0.243 e. The van der Waals surface area contributed by atoms with Gasteiger partial charge in [-0.25, -0.2) is 0 Å². The van der Waals surface area contributed by atoms with Crippen LogP contribution in [0.2, 0.25) is 0 Å². The molecule has 1 atom stereocenters. The minimum atomic E-state index is -0.741. The molecule has 0 spiro atoms. The second-order valence-electron chi connectivity index (χ2n) is 7.61. The van der Waals surface area contributed by atoms with Crippen molar-refractivity contribution in [1.82, 2.24) is 21.3 Å². The molecule has 1 aliphatic heterocycles. The summed E-state index contributed by atoms with van der Waals surface area (Å²) in [6, 6.07) is 7.24. The van der Waals surface area contributed by atoms with E-state index in [2.05, 4.69) is 34.3 Å². The fourth-order valence-corrected chi connectivity index (χ4v) is 3.28. The van der Waals surface area contributed by atoms with Crippen LogP contribution in [0.1, 0.15) is 38.2 Å². The van der Waals surface area contributed by atoms with E-state index in [1.165, 1.54) is 0 Å². The number of amides is 2. The SMILES string of the molecule is CCCC/C=C1/CNCCOc2ccccc2CCCNC(=O)C(CN)NC(=O)CN1. The number of carbonyl (C=O) groups excluding carboxylic acids is 2. The third-order valence-electron chi connectivity index (χ3n) is 5.06. The van der Waals surface area contributed by atoms with Crippen LogP contribution in [-0.2, 0) is 16.0 Å². The maximum atomic E-state index is 12.4. The number of para-hydroxylation sites is 1. The highest BCUT2D eigenvalue weighted by atomic mass is 16.5. The summed E-state index contributed by atoms with van der Waals surface area (Å²) in [6.45, 7) is 4.65. The molecular weight excluding hydrogens is 394 g/mol. The van der Waals surface area contributed by atoms with E-state index < -0.39 is 6.04 Å². The van der Waals surface area contributed by atoms with Crippen molar-refractivity contribution in [3.05, 3.63) is 41.6 Å². The second kappa shape index (κ2) is 14.4. The first kappa shape index (κ1) is 24.7. The molecule has 0 saturated heterocycles. The molecule has 1 heterocycles.